The second-order valence-electron chi connectivity index (χ2n) is 7.29. The lowest BCUT2D eigenvalue weighted by Gasteiger charge is -2.41. The van der Waals surface area contributed by atoms with Crippen molar-refractivity contribution in [2.75, 3.05) is 19.6 Å². The van der Waals surface area contributed by atoms with Crippen molar-refractivity contribution >= 4 is 10.0 Å². The topological polar surface area (TPSA) is 40.6 Å². The number of piperazine rings is 1. The third kappa shape index (κ3) is 4.05. The van der Waals surface area contributed by atoms with Crippen LogP contribution in [0.5, 0.6) is 0 Å². The fraction of sp³-hybridized carbons (Fsp3) is 0.400. The summed E-state index contributed by atoms with van der Waals surface area (Å²) in [6.45, 7) is 1.61. The second kappa shape index (κ2) is 7.30. The number of benzene rings is 2. The number of hydrogen-bond acceptors (Lipinski definition) is 3. The van der Waals surface area contributed by atoms with Crippen LogP contribution in [-0.2, 0) is 16.4 Å². The maximum atomic E-state index is 13.6. The lowest BCUT2D eigenvalue weighted by atomic mass is 10.0. The van der Waals surface area contributed by atoms with Gasteiger partial charge in [0.25, 0.3) is 0 Å². The van der Waals surface area contributed by atoms with Crippen LogP contribution in [0.2, 0.25) is 0 Å². The molecule has 144 valence electrons. The van der Waals surface area contributed by atoms with Crippen LogP contribution >= 0.6 is 0 Å². The molecule has 27 heavy (non-hydrogen) atoms. The standard InChI is InChI=1S/C20H22F2N2O2S/c21-16-11-17(22)13-20(12-16)27(25,26)24-9-8-23(18-6-7-18)14-19(24)10-15-4-2-1-3-5-15/h1-5,11-13,18-19H,6-10,14H2. The Morgan fingerprint density at radius 2 is 1.63 bits per heavy atom. The van der Waals surface area contributed by atoms with E-state index in [-0.39, 0.29) is 10.9 Å². The molecule has 1 unspecified atom stereocenters. The van der Waals surface area contributed by atoms with E-state index in [0.29, 0.717) is 38.2 Å². The molecule has 0 amide bonds. The Bertz CT molecular complexity index is 897. The van der Waals surface area contributed by atoms with Gasteiger partial charge in [-0.1, -0.05) is 30.3 Å². The van der Waals surface area contributed by atoms with Gasteiger partial charge < -0.3 is 0 Å². The molecule has 0 bridgehead atoms. The van der Waals surface area contributed by atoms with Gasteiger partial charge in [0.15, 0.2) is 0 Å². The summed E-state index contributed by atoms with van der Waals surface area (Å²) in [5.74, 6) is -1.77. The third-order valence-electron chi connectivity index (χ3n) is 5.28. The molecule has 0 aromatic heterocycles. The van der Waals surface area contributed by atoms with Crippen molar-refractivity contribution in [1.29, 1.82) is 0 Å². The molecule has 7 heteroatoms. The predicted octanol–water partition coefficient (Wildman–Crippen LogP) is 3.04. The van der Waals surface area contributed by atoms with Gasteiger partial charge in [0.2, 0.25) is 10.0 Å². The van der Waals surface area contributed by atoms with Gasteiger partial charge in [0.1, 0.15) is 11.6 Å². The summed E-state index contributed by atoms with van der Waals surface area (Å²) in [7, 11) is -3.98. The van der Waals surface area contributed by atoms with Crippen LogP contribution < -0.4 is 0 Å². The van der Waals surface area contributed by atoms with E-state index < -0.39 is 21.7 Å². The zero-order valence-electron chi connectivity index (χ0n) is 14.9. The van der Waals surface area contributed by atoms with Gasteiger partial charge in [0, 0.05) is 37.8 Å². The summed E-state index contributed by atoms with van der Waals surface area (Å²) in [6, 6.07) is 12.5. The molecule has 4 nitrogen and oxygen atoms in total. The molecule has 2 fully saturated rings. The highest BCUT2D eigenvalue weighted by atomic mass is 32.2. The maximum absolute atomic E-state index is 13.6. The Kier molecular flexibility index (Phi) is 5.01. The zero-order valence-corrected chi connectivity index (χ0v) is 15.7. The van der Waals surface area contributed by atoms with Gasteiger partial charge in [-0.25, -0.2) is 17.2 Å². The van der Waals surface area contributed by atoms with Gasteiger partial charge in [0.05, 0.1) is 4.90 Å². The van der Waals surface area contributed by atoms with E-state index >= 15 is 0 Å². The van der Waals surface area contributed by atoms with Crippen LogP contribution in [0.3, 0.4) is 0 Å². The summed E-state index contributed by atoms with van der Waals surface area (Å²) in [6.07, 6.45) is 2.88. The van der Waals surface area contributed by atoms with Gasteiger partial charge >= 0.3 is 0 Å². The first-order valence-electron chi connectivity index (χ1n) is 9.19. The number of sulfonamides is 1. The molecule has 1 saturated carbocycles. The second-order valence-corrected chi connectivity index (χ2v) is 9.18. The van der Waals surface area contributed by atoms with E-state index in [4.69, 9.17) is 0 Å². The van der Waals surface area contributed by atoms with Crippen molar-refractivity contribution in [3.63, 3.8) is 0 Å². The summed E-state index contributed by atoms with van der Waals surface area (Å²) >= 11 is 0. The summed E-state index contributed by atoms with van der Waals surface area (Å²) in [5.41, 5.74) is 1.05. The molecule has 4 rings (SSSR count). The fourth-order valence-electron chi connectivity index (χ4n) is 3.82. The monoisotopic (exact) mass is 392 g/mol. The van der Waals surface area contributed by atoms with E-state index in [1.807, 2.05) is 30.3 Å². The molecule has 2 aliphatic rings. The van der Waals surface area contributed by atoms with E-state index in [2.05, 4.69) is 4.90 Å². The first-order valence-corrected chi connectivity index (χ1v) is 10.6. The Labute approximate surface area is 158 Å². The molecule has 1 atom stereocenters. The van der Waals surface area contributed by atoms with Crippen LogP contribution in [0.1, 0.15) is 18.4 Å². The largest absolute Gasteiger partial charge is 0.297 e. The maximum Gasteiger partial charge on any atom is 0.243 e. The first kappa shape index (κ1) is 18.5. The molecule has 2 aromatic rings. The van der Waals surface area contributed by atoms with Crippen molar-refractivity contribution in [3.8, 4) is 0 Å². The van der Waals surface area contributed by atoms with E-state index in [0.717, 1.165) is 30.5 Å². The van der Waals surface area contributed by atoms with Gasteiger partial charge in [-0.05, 0) is 37.0 Å². The van der Waals surface area contributed by atoms with E-state index in [1.54, 1.807) is 0 Å². The molecule has 0 radical (unpaired) electrons. The van der Waals surface area contributed by atoms with Crippen LogP contribution in [0, 0.1) is 11.6 Å². The van der Waals surface area contributed by atoms with Crippen LogP contribution in [0.4, 0.5) is 8.78 Å². The Hall–Kier alpha value is -1.83. The molecule has 1 heterocycles. The van der Waals surface area contributed by atoms with E-state index in [9.17, 15) is 17.2 Å². The average Bonchev–Trinajstić information content (AvgIpc) is 3.47. The zero-order chi connectivity index (χ0) is 19.0. The predicted molar refractivity (Wildman–Crippen MR) is 98.8 cm³/mol. The molecule has 1 aliphatic carbocycles. The van der Waals surface area contributed by atoms with Crippen LogP contribution in [-0.4, -0.2) is 49.3 Å². The Morgan fingerprint density at radius 1 is 0.963 bits per heavy atom. The average molecular weight is 392 g/mol. The van der Waals surface area contributed by atoms with Crippen molar-refractivity contribution in [2.24, 2.45) is 0 Å². The molecular weight excluding hydrogens is 370 g/mol. The lowest BCUT2D eigenvalue weighted by Crippen LogP contribution is -2.56. The molecule has 2 aromatic carbocycles. The first-order chi connectivity index (χ1) is 12.9. The number of halogens is 2. The summed E-state index contributed by atoms with van der Waals surface area (Å²) < 4.78 is 55.0. The van der Waals surface area contributed by atoms with E-state index in [1.165, 1.54) is 4.31 Å². The number of rotatable bonds is 5. The minimum Gasteiger partial charge on any atom is -0.297 e. The number of nitrogens with zero attached hydrogens (tertiary/aromatic N) is 2. The van der Waals surface area contributed by atoms with Crippen molar-refractivity contribution in [3.05, 3.63) is 65.7 Å². The molecule has 0 N–H and O–H groups in total. The van der Waals surface area contributed by atoms with Gasteiger partial charge in [-0.3, -0.25) is 4.90 Å². The van der Waals surface area contributed by atoms with Crippen molar-refractivity contribution in [2.45, 2.75) is 36.2 Å². The highest BCUT2D eigenvalue weighted by Crippen LogP contribution is 2.32. The highest BCUT2D eigenvalue weighted by Gasteiger charge is 2.40. The normalized spacial score (nSPS) is 22.1. The SMILES string of the molecule is O=S(=O)(c1cc(F)cc(F)c1)N1CCN(C2CC2)CC1Cc1ccccc1. The van der Waals surface area contributed by atoms with Crippen LogP contribution in [0.25, 0.3) is 0 Å². The molecule has 1 saturated heterocycles. The number of hydrogen-bond donors (Lipinski definition) is 0. The minimum atomic E-state index is -3.98. The lowest BCUT2D eigenvalue weighted by molar-refractivity contribution is 0.128. The third-order valence-corrected chi connectivity index (χ3v) is 7.21. The quantitative estimate of drug-likeness (QED) is 0.785. The van der Waals surface area contributed by atoms with Crippen molar-refractivity contribution < 1.29 is 17.2 Å². The summed E-state index contributed by atoms with van der Waals surface area (Å²) in [5, 5.41) is 0. The minimum absolute atomic E-state index is 0.266. The molecular formula is C20H22F2N2O2S. The highest BCUT2D eigenvalue weighted by molar-refractivity contribution is 7.89. The van der Waals surface area contributed by atoms with Crippen LogP contribution in [0.15, 0.2) is 53.4 Å². The fourth-order valence-corrected chi connectivity index (χ4v) is 5.47. The smallest absolute Gasteiger partial charge is 0.243 e. The van der Waals surface area contributed by atoms with Gasteiger partial charge in [-0.15, -0.1) is 0 Å². The van der Waals surface area contributed by atoms with Gasteiger partial charge in [-0.2, -0.15) is 4.31 Å². The Morgan fingerprint density at radius 3 is 2.26 bits per heavy atom. The van der Waals surface area contributed by atoms with Crippen molar-refractivity contribution in [1.82, 2.24) is 9.21 Å². The molecule has 1 aliphatic heterocycles. The Balaban J connectivity index is 1.65. The molecule has 0 spiro atoms. The summed E-state index contributed by atoms with van der Waals surface area (Å²) in [4.78, 5) is 2.02.